The predicted octanol–water partition coefficient (Wildman–Crippen LogP) is 3.20. The second kappa shape index (κ2) is 5.89. The van der Waals surface area contributed by atoms with Crippen LogP contribution in [0.3, 0.4) is 0 Å². The van der Waals surface area contributed by atoms with Gasteiger partial charge in [0.15, 0.2) is 21.3 Å². The Balaban J connectivity index is 1.76. The van der Waals surface area contributed by atoms with Crippen LogP contribution in [-0.4, -0.2) is 26.9 Å². The fraction of sp³-hybridized carbons (Fsp3) is 0.200. The molecule has 1 aliphatic rings. The second-order valence-corrected chi connectivity index (χ2v) is 7.83. The highest BCUT2D eigenvalue weighted by molar-refractivity contribution is 9.10. The molecule has 0 aromatic heterocycles. The molecule has 0 bridgehead atoms. The first-order valence-electron chi connectivity index (χ1n) is 6.51. The fourth-order valence-corrected chi connectivity index (χ4v) is 3.81. The van der Waals surface area contributed by atoms with Crippen molar-refractivity contribution in [3.05, 3.63) is 52.8 Å². The smallest absolute Gasteiger partial charge is 0.182 e. The van der Waals surface area contributed by atoms with Crippen molar-refractivity contribution in [2.24, 2.45) is 0 Å². The molecule has 0 N–H and O–H groups in total. The third-order valence-corrected chi connectivity index (χ3v) is 5.53. The van der Waals surface area contributed by atoms with Gasteiger partial charge in [-0.05, 0) is 36.4 Å². The van der Waals surface area contributed by atoms with Crippen LogP contribution in [0.15, 0.2) is 51.8 Å². The van der Waals surface area contributed by atoms with Crippen LogP contribution in [0.25, 0.3) is 0 Å². The van der Waals surface area contributed by atoms with Gasteiger partial charge in [0.1, 0.15) is 18.5 Å². The summed E-state index contributed by atoms with van der Waals surface area (Å²) in [6, 6.07) is 10.3. The first kappa shape index (κ1) is 15.3. The molecule has 0 saturated carbocycles. The highest BCUT2D eigenvalue weighted by Crippen LogP contribution is 2.32. The molecule has 2 aromatic carbocycles. The van der Waals surface area contributed by atoms with Crippen LogP contribution >= 0.6 is 15.9 Å². The summed E-state index contributed by atoms with van der Waals surface area (Å²) in [5.74, 6) is 0.00932. The maximum atomic E-state index is 13.1. The molecule has 0 amide bonds. The Hall–Kier alpha value is -1.60. The van der Waals surface area contributed by atoms with Gasteiger partial charge < -0.3 is 9.47 Å². The quantitative estimate of drug-likeness (QED) is 0.812. The van der Waals surface area contributed by atoms with Crippen LogP contribution < -0.4 is 9.47 Å². The van der Waals surface area contributed by atoms with Crippen molar-refractivity contribution in [2.45, 2.75) is 11.0 Å². The molecule has 1 heterocycles. The summed E-state index contributed by atoms with van der Waals surface area (Å²) in [5, 5.41) is 0. The van der Waals surface area contributed by atoms with Crippen LogP contribution in [0.1, 0.15) is 0 Å². The number of ether oxygens (including phenoxy) is 2. The zero-order valence-electron chi connectivity index (χ0n) is 11.3. The zero-order valence-corrected chi connectivity index (χ0v) is 13.7. The average molecular weight is 387 g/mol. The monoisotopic (exact) mass is 386 g/mol. The lowest BCUT2D eigenvalue weighted by Crippen LogP contribution is -2.35. The number of sulfone groups is 1. The molecular formula is C15H12BrFO4S. The third kappa shape index (κ3) is 3.25. The maximum Gasteiger partial charge on any atom is 0.182 e. The summed E-state index contributed by atoms with van der Waals surface area (Å²) in [6.07, 6.45) is -0.633. The maximum absolute atomic E-state index is 13.1. The number of fused-ring (bicyclic) bond motifs is 1. The van der Waals surface area contributed by atoms with E-state index >= 15 is 0 Å². The normalized spacial score (nSPS) is 17.3. The Morgan fingerprint density at radius 1 is 1.14 bits per heavy atom. The summed E-state index contributed by atoms with van der Waals surface area (Å²) in [4.78, 5) is 0.226. The number of rotatable bonds is 3. The Kier molecular flexibility index (Phi) is 4.10. The SMILES string of the molecule is O=S(=O)(CC1COc2cc(F)ccc2O1)c1ccc(Br)cc1. The van der Waals surface area contributed by atoms with E-state index in [1.807, 2.05) is 0 Å². The molecule has 116 valence electrons. The van der Waals surface area contributed by atoms with Crippen molar-refractivity contribution >= 4 is 25.8 Å². The lowest BCUT2D eigenvalue weighted by Gasteiger charge is -2.26. The molecule has 3 rings (SSSR count). The molecule has 1 aliphatic heterocycles. The van der Waals surface area contributed by atoms with E-state index < -0.39 is 21.8 Å². The summed E-state index contributed by atoms with van der Waals surface area (Å²) < 4.78 is 49.6. The molecule has 0 radical (unpaired) electrons. The number of benzene rings is 2. The van der Waals surface area contributed by atoms with Crippen LogP contribution in [0.4, 0.5) is 4.39 Å². The van der Waals surface area contributed by atoms with Gasteiger partial charge in [-0.1, -0.05) is 15.9 Å². The van der Waals surface area contributed by atoms with E-state index in [1.165, 1.54) is 30.3 Å². The van der Waals surface area contributed by atoms with E-state index in [-0.39, 0.29) is 23.0 Å². The highest BCUT2D eigenvalue weighted by Gasteiger charge is 2.27. The van der Waals surface area contributed by atoms with Gasteiger partial charge in [-0.3, -0.25) is 0 Å². The number of halogens is 2. The van der Waals surface area contributed by atoms with E-state index in [9.17, 15) is 12.8 Å². The van der Waals surface area contributed by atoms with Gasteiger partial charge in [-0.2, -0.15) is 0 Å². The van der Waals surface area contributed by atoms with Gasteiger partial charge in [0.25, 0.3) is 0 Å². The van der Waals surface area contributed by atoms with E-state index in [4.69, 9.17) is 9.47 Å². The van der Waals surface area contributed by atoms with Gasteiger partial charge in [0.2, 0.25) is 0 Å². The van der Waals surface area contributed by atoms with Crippen molar-refractivity contribution in [3.8, 4) is 11.5 Å². The summed E-state index contributed by atoms with van der Waals surface area (Å²) in [5.41, 5.74) is 0. The minimum absolute atomic E-state index is 0.0617. The second-order valence-electron chi connectivity index (χ2n) is 4.88. The minimum atomic E-state index is -3.49. The molecule has 0 spiro atoms. The number of hydrogen-bond acceptors (Lipinski definition) is 4. The lowest BCUT2D eigenvalue weighted by atomic mass is 10.2. The van der Waals surface area contributed by atoms with E-state index in [1.54, 1.807) is 12.1 Å². The summed E-state index contributed by atoms with van der Waals surface area (Å²) >= 11 is 3.26. The summed E-state index contributed by atoms with van der Waals surface area (Å²) in [7, 11) is -3.49. The van der Waals surface area contributed by atoms with Crippen molar-refractivity contribution in [3.63, 3.8) is 0 Å². The van der Waals surface area contributed by atoms with Crippen molar-refractivity contribution in [2.75, 3.05) is 12.4 Å². The van der Waals surface area contributed by atoms with Gasteiger partial charge in [0.05, 0.1) is 10.6 Å². The van der Waals surface area contributed by atoms with Crippen LogP contribution in [0.2, 0.25) is 0 Å². The summed E-state index contributed by atoms with van der Waals surface area (Å²) in [6.45, 7) is 0.0617. The molecule has 1 atom stereocenters. The van der Waals surface area contributed by atoms with Crippen LogP contribution in [0, 0.1) is 5.82 Å². The van der Waals surface area contributed by atoms with Crippen molar-refractivity contribution in [1.29, 1.82) is 0 Å². The topological polar surface area (TPSA) is 52.6 Å². The molecule has 0 aliphatic carbocycles. The first-order valence-corrected chi connectivity index (χ1v) is 8.96. The van der Waals surface area contributed by atoms with E-state index in [2.05, 4.69) is 15.9 Å². The fourth-order valence-electron chi connectivity index (χ4n) is 2.15. The molecule has 22 heavy (non-hydrogen) atoms. The Bertz CT molecular complexity index is 790. The molecule has 7 heteroatoms. The molecule has 2 aromatic rings. The standard InChI is InChI=1S/C15H12BrFO4S/c16-10-1-4-13(5-2-10)22(18,19)9-12-8-20-15-7-11(17)3-6-14(15)21-12/h1-7,12H,8-9H2. The average Bonchev–Trinajstić information content (AvgIpc) is 2.47. The van der Waals surface area contributed by atoms with Crippen molar-refractivity contribution in [1.82, 2.24) is 0 Å². The van der Waals surface area contributed by atoms with Crippen LogP contribution in [-0.2, 0) is 9.84 Å². The number of hydrogen-bond donors (Lipinski definition) is 0. The predicted molar refractivity (Wildman–Crippen MR) is 82.5 cm³/mol. The van der Waals surface area contributed by atoms with Gasteiger partial charge in [0, 0.05) is 10.5 Å². The van der Waals surface area contributed by atoms with E-state index in [0.717, 1.165) is 4.47 Å². The molecule has 4 nitrogen and oxygen atoms in total. The lowest BCUT2D eigenvalue weighted by molar-refractivity contribution is 0.105. The van der Waals surface area contributed by atoms with Crippen LogP contribution in [0.5, 0.6) is 11.5 Å². The van der Waals surface area contributed by atoms with Gasteiger partial charge >= 0.3 is 0 Å². The van der Waals surface area contributed by atoms with E-state index in [0.29, 0.717) is 5.75 Å². The Labute approximate surface area is 135 Å². The zero-order chi connectivity index (χ0) is 15.7. The minimum Gasteiger partial charge on any atom is -0.486 e. The molecular weight excluding hydrogens is 375 g/mol. The molecule has 0 saturated heterocycles. The third-order valence-electron chi connectivity index (χ3n) is 3.20. The first-order chi connectivity index (χ1) is 10.4. The highest BCUT2D eigenvalue weighted by atomic mass is 79.9. The Morgan fingerprint density at radius 3 is 2.59 bits per heavy atom. The van der Waals surface area contributed by atoms with Gasteiger partial charge in [-0.15, -0.1) is 0 Å². The largest absolute Gasteiger partial charge is 0.486 e. The van der Waals surface area contributed by atoms with Crippen molar-refractivity contribution < 1.29 is 22.3 Å². The van der Waals surface area contributed by atoms with Gasteiger partial charge in [-0.25, -0.2) is 12.8 Å². The molecule has 1 unspecified atom stereocenters. The molecule has 0 fully saturated rings. The Morgan fingerprint density at radius 2 is 1.86 bits per heavy atom.